The molecule has 126 valence electrons. The minimum Gasteiger partial charge on any atom is -0.322 e. The summed E-state index contributed by atoms with van der Waals surface area (Å²) in [5.74, 6) is -0.770. The number of nitrogens with zero attached hydrogens (tertiary/aromatic N) is 1. The lowest BCUT2D eigenvalue weighted by Gasteiger charge is -2.18. The molecule has 0 atom stereocenters. The van der Waals surface area contributed by atoms with Gasteiger partial charge >= 0.3 is 0 Å². The summed E-state index contributed by atoms with van der Waals surface area (Å²) in [6.45, 7) is 0. The van der Waals surface area contributed by atoms with Crippen molar-refractivity contribution in [2.45, 2.75) is 0 Å². The van der Waals surface area contributed by atoms with Crippen LogP contribution in [-0.2, 0) is 0 Å². The number of carbonyl (C=O) groups is 3. The molecule has 6 heteroatoms. The highest BCUT2D eigenvalue weighted by Gasteiger charge is 2.29. The molecule has 0 saturated carbocycles. The highest BCUT2D eigenvalue weighted by Crippen LogP contribution is 2.29. The van der Waals surface area contributed by atoms with Crippen LogP contribution in [0.1, 0.15) is 42.2 Å². The molecule has 1 aromatic heterocycles. The topological polar surface area (TPSA) is 76.1 Å². The van der Waals surface area contributed by atoms with Crippen molar-refractivity contribution in [1.82, 2.24) is 4.98 Å². The molecule has 26 heavy (non-hydrogen) atoms. The molecule has 1 aliphatic rings. The zero-order valence-corrected chi connectivity index (χ0v) is 14.9. The van der Waals surface area contributed by atoms with Gasteiger partial charge in [0.2, 0.25) is 0 Å². The van der Waals surface area contributed by atoms with Gasteiger partial charge in [-0.3, -0.25) is 19.4 Å². The highest BCUT2D eigenvalue weighted by molar-refractivity contribution is 9.10. The Kier molecular flexibility index (Phi) is 3.97. The third-order valence-electron chi connectivity index (χ3n) is 4.15. The van der Waals surface area contributed by atoms with E-state index in [0.717, 1.165) is 0 Å². The summed E-state index contributed by atoms with van der Waals surface area (Å²) in [4.78, 5) is 41.6. The van der Waals surface area contributed by atoms with Gasteiger partial charge in [0.1, 0.15) is 0 Å². The maximum Gasteiger partial charge on any atom is 0.257 e. The number of rotatable bonds is 2. The number of halogens is 1. The first-order valence-corrected chi connectivity index (χ1v) is 8.58. The molecule has 4 rings (SSSR count). The number of pyridine rings is 1. The Morgan fingerprint density at radius 3 is 2.19 bits per heavy atom. The monoisotopic (exact) mass is 406 g/mol. The Hall–Kier alpha value is -3.12. The predicted molar refractivity (Wildman–Crippen MR) is 99.6 cm³/mol. The van der Waals surface area contributed by atoms with E-state index in [1.165, 1.54) is 12.3 Å². The zero-order chi connectivity index (χ0) is 18.3. The predicted octanol–water partition coefficient (Wildman–Crippen LogP) is 3.87. The van der Waals surface area contributed by atoms with E-state index in [9.17, 15) is 14.4 Å². The first kappa shape index (κ1) is 16.4. The SMILES string of the molecule is O=C(Nc1ccc2c(c1)C(=O)c1ccccc1C2=O)c1cncc(Br)c1. The molecular weight excluding hydrogens is 396 g/mol. The number of benzene rings is 2. The van der Waals surface area contributed by atoms with Gasteiger partial charge in [-0.05, 0) is 40.2 Å². The molecule has 1 aliphatic carbocycles. The van der Waals surface area contributed by atoms with Crippen LogP contribution in [0.2, 0.25) is 0 Å². The molecule has 0 saturated heterocycles. The maximum atomic E-state index is 12.7. The number of aromatic nitrogens is 1. The molecule has 3 aromatic rings. The molecule has 1 heterocycles. The first-order valence-electron chi connectivity index (χ1n) is 7.79. The van der Waals surface area contributed by atoms with E-state index in [4.69, 9.17) is 0 Å². The molecule has 0 bridgehead atoms. The second-order valence-corrected chi connectivity index (χ2v) is 6.73. The fraction of sp³-hybridized carbons (Fsp3) is 0. The number of hydrogen-bond acceptors (Lipinski definition) is 4. The van der Waals surface area contributed by atoms with Gasteiger partial charge in [-0.2, -0.15) is 0 Å². The summed E-state index contributed by atoms with van der Waals surface area (Å²) in [5.41, 5.74) is 2.24. The molecular formula is C20H11BrN2O3. The molecule has 2 aromatic carbocycles. The van der Waals surface area contributed by atoms with Gasteiger partial charge in [-0.15, -0.1) is 0 Å². The molecule has 1 N–H and O–H groups in total. The number of anilines is 1. The van der Waals surface area contributed by atoms with Crippen LogP contribution in [0.25, 0.3) is 0 Å². The highest BCUT2D eigenvalue weighted by atomic mass is 79.9. The lowest BCUT2D eigenvalue weighted by Crippen LogP contribution is -2.21. The normalized spacial score (nSPS) is 12.3. The van der Waals surface area contributed by atoms with Crippen molar-refractivity contribution < 1.29 is 14.4 Å². The van der Waals surface area contributed by atoms with Gasteiger partial charge < -0.3 is 5.32 Å². The summed E-state index contributed by atoms with van der Waals surface area (Å²) in [6, 6.07) is 13.1. The smallest absolute Gasteiger partial charge is 0.257 e. The molecule has 0 radical (unpaired) electrons. The average molecular weight is 407 g/mol. The van der Waals surface area contributed by atoms with Gasteiger partial charge in [0.15, 0.2) is 11.6 Å². The lowest BCUT2D eigenvalue weighted by atomic mass is 9.84. The van der Waals surface area contributed by atoms with Gasteiger partial charge in [-0.25, -0.2) is 0 Å². The van der Waals surface area contributed by atoms with Gasteiger partial charge in [0, 0.05) is 44.8 Å². The van der Waals surface area contributed by atoms with E-state index < -0.39 is 0 Å². The second kappa shape index (κ2) is 6.31. The minimum absolute atomic E-state index is 0.190. The van der Waals surface area contributed by atoms with Crippen LogP contribution in [0.4, 0.5) is 5.69 Å². The second-order valence-electron chi connectivity index (χ2n) is 5.81. The van der Waals surface area contributed by atoms with Crippen molar-refractivity contribution in [2.24, 2.45) is 0 Å². The first-order chi connectivity index (χ1) is 12.5. The Labute approximate surface area is 157 Å². The van der Waals surface area contributed by atoms with E-state index in [-0.39, 0.29) is 17.5 Å². The summed E-state index contributed by atoms with van der Waals surface area (Å²) >= 11 is 3.27. The Balaban J connectivity index is 1.68. The molecule has 0 fully saturated rings. The number of hydrogen-bond donors (Lipinski definition) is 1. The largest absolute Gasteiger partial charge is 0.322 e. The molecule has 5 nitrogen and oxygen atoms in total. The quantitative estimate of drug-likeness (QED) is 0.548. The lowest BCUT2D eigenvalue weighted by molar-refractivity contribution is 0.0979. The Bertz CT molecular complexity index is 1090. The number of amides is 1. The van der Waals surface area contributed by atoms with E-state index >= 15 is 0 Å². The summed E-state index contributed by atoms with van der Waals surface area (Å²) < 4.78 is 0.688. The Morgan fingerprint density at radius 2 is 1.50 bits per heavy atom. The van der Waals surface area contributed by atoms with Crippen molar-refractivity contribution in [1.29, 1.82) is 0 Å². The standard InChI is InChI=1S/C20H11BrN2O3/c21-12-7-11(9-22-10-12)20(26)23-13-5-6-16-17(8-13)19(25)15-4-2-1-3-14(15)18(16)24/h1-10H,(H,23,26). The van der Waals surface area contributed by atoms with Gasteiger partial charge in [-0.1, -0.05) is 24.3 Å². The summed E-state index contributed by atoms with van der Waals surface area (Å²) in [6.07, 6.45) is 3.03. The van der Waals surface area contributed by atoms with Crippen LogP contribution in [-0.4, -0.2) is 22.5 Å². The molecule has 0 spiro atoms. The van der Waals surface area contributed by atoms with Crippen LogP contribution in [0.15, 0.2) is 65.4 Å². The van der Waals surface area contributed by atoms with Crippen LogP contribution in [0, 0.1) is 0 Å². The Morgan fingerprint density at radius 1 is 0.846 bits per heavy atom. The zero-order valence-electron chi connectivity index (χ0n) is 13.3. The number of nitrogens with one attached hydrogen (secondary N) is 1. The van der Waals surface area contributed by atoms with Crippen molar-refractivity contribution in [3.63, 3.8) is 0 Å². The van der Waals surface area contributed by atoms with Crippen molar-refractivity contribution in [3.05, 3.63) is 93.2 Å². The van der Waals surface area contributed by atoms with Crippen LogP contribution in [0.3, 0.4) is 0 Å². The van der Waals surface area contributed by atoms with Crippen molar-refractivity contribution in [2.75, 3.05) is 5.32 Å². The third kappa shape index (κ3) is 2.74. The van der Waals surface area contributed by atoms with E-state index in [1.54, 1.807) is 48.7 Å². The van der Waals surface area contributed by atoms with Gasteiger partial charge in [0.25, 0.3) is 5.91 Å². The molecule has 0 unspecified atom stereocenters. The average Bonchev–Trinajstić information content (AvgIpc) is 2.66. The van der Waals surface area contributed by atoms with E-state index in [1.807, 2.05) is 0 Å². The minimum atomic E-state index is -0.353. The third-order valence-corrected chi connectivity index (χ3v) is 4.58. The molecule has 0 aliphatic heterocycles. The van der Waals surface area contributed by atoms with Crippen LogP contribution >= 0.6 is 15.9 Å². The fourth-order valence-electron chi connectivity index (χ4n) is 2.92. The van der Waals surface area contributed by atoms with Crippen molar-refractivity contribution >= 4 is 39.1 Å². The molecule has 1 amide bonds. The van der Waals surface area contributed by atoms with Crippen molar-refractivity contribution in [3.8, 4) is 0 Å². The maximum absolute atomic E-state index is 12.7. The summed E-state index contributed by atoms with van der Waals surface area (Å²) in [5, 5.41) is 2.73. The van der Waals surface area contributed by atoms with E-state index in [2.05, 4.69) is 26.2 Å². The summed E-state index contributed by atoms with van der Waals surface area (Å²) in [7, 11) is 0. The van der Waals surface area contributed by atoms with Crippen LogP contribution < -0.4 is 5.32 Å². The fourth-order valence-corrected chi connectivity index (χ4v) is 3.28. The van der Waals surface area contributed by atoms with E-state index in [0.29, 0.717) is 38.0 Å². The number of fused-ring (bicyclic) bond motifs is 2. The van der Waals surface area contributed by atoms with Crippen LogP contribution in [0.5, 0.6) is 0 Å². The number of carbonyl (C=O) groups excluding carboxylic acids is 3. The number of ketones is 2. The van der Waals surface area contributed by atoms with Gasteiger partial charge in [0.05, 0.1) is 5.56 Å².